The average molecular weight is 298 g/mol. The van der Waals surface area contributed by atoms with Crippen LogP contribution in [-0.4, -0.2) is 42.0 Å². The highest BCUT2D eigenvalue weighted by Crippen LogP contribution is 2.23. The number of aryl methyl sites for hydroxylation is 2. The standard InChI is InChI=1S/C13H18N2O4S/c1-8-6-9(2)15-12(11(8)13(16)17)14-7-10-4-3-5-20(10,18)19/h6,10H,3-5,7H2,1-2H3,(H,14,15)(H,16,17). The lowest BCUT2D eigenvalue weighted by Gasteiger charge is -2.14. The summed E-state index contributed by atoms with van der Waals surface area (Å²) in [5.41, 5.74) is 1.41. The Morgan fingerprint density at radius 1 is 1.50 bits per heavy atom. The number of rotatable bonds is 4. The zero-order chi connectivity index (χ0) is 14.9. The number of hydrogen-bond acceptors (Lipinski definition) is 5. The van der Waals surface area contributed by atoms with Gasteiger partial charge in [-0.2, -0.15) is 0 Å². The Hall–Kier alpha value is -1.63. The molecule has 6 nitrogen and oxygen atoms in total. The van der Waals surface area contributed by atoms with Crippen molar-refractivity contribution in [3.63, 3.8) is 0 Å². The lowest BCUT2D eigenvalue weighted by Crippen LogP contribution is -2.26. The maximum absolute atomic E-state index is 11.8. The highest BCUT2D eigenvalue weighted by atomic mass is 32.2. The van der Waals surface area contributed by atoms with Gasteiger partial charge in [0.2, 0.25) is 0 Å². The molecule has 0 saturated carbocycles. The lowest BCUT2D eigenvalue weighted by atomic mass is 10.1. The van der Waals surface area contributed by atoms with Gasteiger partial charge in [-0.3, -0.25) is 0 Å². The van der Waals surface area contributed by atoms with E-state index in [9.17, 15) is 18.3 Å². The molecule has 0 aliphatic carbocycles. The topological polar surface area (TPSA) is 96.4 Å². The van der Waals surface area contributed by atoms with Gasteiger partial charge in [0.15, 0.2) is 9.84 Å². The third-order valence-electron chi connectivity index (χ3n) is 3.52. The molecular weight excluding hydrogens is 280 g/mol. The number of nitrogens with zero attached hydrogens (tertiary/aromatic N) is 1. The number of carboxylic acids is 1. The van der Waals surface area contributed by atoms with Gasteiger partial charge in [-0.1, -0.05) is 0 Å². The number of anilines is 1. The Labute approximate surface area is 118 Å². The molecule has 2 N–H and O–H groups in total. The summed E-state index contributed by atoms with van der Waals surface area (Å²) in [6, 6.07) is 1.70. The SMILES string of the molecule is Cc1cc(C)c(C(=O)O)c(NCC2CCCS2(=O)=O)n1. The Morgan fingerprint density at radius 2 is 2.20 bits per heavy atom. The van der Waals surface area contributed by atoms with Gasteiger partial charge in [-0.05, 0) is 38.3 Å². The van der Waals surface area contributed by atoms with E-state index in [0.717, 1.165) is 0 Å². The molecule has 0 aromatic carbocycles. The molecule has 0 bridgehead atoms. The molecule has 0 spiro atoms. The van der Waals surface area contributed by atoms with Crippen LogP contribution >= 0.6 is 0 Å². The predicted octanol–water partition coefficient (Wildman–Crippen LogP) is 1.39. The number of aromatic carboxylic acids is 1. The van der Waals surface area contributed by atoms with Crippen molar-refractivity contribution in [2.24, 2.45) is 0 Å². The number of aromatic nitrogens is 1. The molecular formula is C13H18N2O4S. The molecule has 1 aliphatic heterocycles. The smallest absolute Gasteiger partial charge is 0.339 e. The van der Waals surface area contributed by atoms with E-state index in [0.29, 0.717) is 24.1 Å². The van der Waals surface area contributed by atoms with Crippen LogP contribution < -0.4 is 5.32 Å². The third-order valence-corrected chi connectivity index (χ3v) is 5.79. The van der Waals surface area contributed by atoms with Crippen molar-refractivity contribution in [2.45, 2.75) is 31.9 Å². The first kappa shape index (κ1) is 14.8. The summed E-state index contributed by atoms with van der Waals surface area (Å²) >= 11 is 0. The first-order chi connectivity index (χ1) is 9.31. The van der Waals surface area contributed by atoms with E-state index in [4.69, 9.17) is 0 Å². The van der Waals surface area contributed by atoms with Crippen molar-refractivity contribution < 1.29 is 18.3 Å². The molecule has 110 valence electrons. The quantitative estimate of drug-likeness (QED) is 0.872. The maximum atomic E-state index is 11.8. The van der Waals surface area contributed by atoms with Crippen molar-refractivity contribution in [1.29, 1.82) is 0 Å². The summed E-state index contributed by atoms with van der Waals surface area (Å²) in [5, 5.41) is 11.7. The summed E-state index contributed by atoms with van der Waals surface area (Å²) in [7, 11) is -3.05. The summed E-state index contributed by atoms with van der Waals surface area (Å²) in [6.45, 7) is 3.68. The average Bonchev–Trinajstić information content (AvgIpc) is 2.64. The van der Waals surface area contributed by atoms with Gasteiger partial charge in [0.05, 0.1) is 11.0 Å². The summed E-state index contributed by atoms with van der Waals surface area (Å²) in [4.78, 5) is 15.5. The largest absolute Gasteiger partial charge is 0.478 e. The zero-order valence-electron chi connectivity index (χ0n) is 11.5. The number of carbonyl (C=O) groups is 1. The predicted molar refractivity (Wildman–Crippen MR) is 76.0 cm³/mol. The molecule has 2 heterocycles. The number of hydrogen-bond donors (Lipinski definition) is 2. The fraction of sp³-hybridized carbons (Fsp3) is 0.538. The second-order valence-corrected chi connectivity index (χ2v) is 7.52. The molecule has 0 radical (unpaired) electrons. The number of nitrogens with one attached hydrogen (secondary N) is 1. The molecule has 1 aliphatic rings. The molecule has 1 atom stereocenters. The zero-order valence-corrected chi connectivity index (χ0v) is 12.3. The molecule has 1 saturated heterocycles. The van der Waals surface area contributed by atoms with Gasteiger partial charge in [-0.25, -0.2) is 18.2 Å². The Morgan fingerprint density at radius 3 is 2.75 bits per heavy atom. The Balaban J connectivity index is 2.23. The van der Waals surface area contributed by atoms with Crippen molar-refractivity contribution >= 4 is 21.6 Å². The number of pyridine rings is 1. The van der Waals surface area contributed by atoms with Gasteiger partial charge in [0, 0.05) is 12.2 Å². The van der Waals surface area contributed by atoms with Crippen LogP contribution in [0.1, 0.15) is 34.5 Å². The summed E-state index contributed by atoms with van der Waals surface area (Å²) in [5.74, 6) is -0.602. The molecule has 1 aromatic rings. The van der Waals surface area contributed by atoms with Crippen LogP contribution in [0.3, 0.4) is 0 Å². The van der Waals surface area contributed by atoms with Crippen LogP contribution in [0.5, 0.6) is 0 Å². The van der Waals surface area contributed by atoms with E-state index in [2.05, 4.69) is 10.3 Å². The second kappa shape index (κ2) is 5.40. The first-order valence-electron chi connectivity index (χ1n) is 6.48. The Bertz CT molecular complexity index is 640. The minimum Gasteiger partial charge on any atom is -0.478 e. The Kier molecular flexibility index (Phi) is 3.99. The molecule has 1 fully saturated rings. The van der Waals surface area contributed by atoms with E-state index < -0.39 is 21.1 Å². The van der Waals surface area contributed by atoms with Crippen LogP contribution in [0.4, 0.5) is 5.82 Å². The fourth-order valence-electron chi connectivity index (χ4n) is 2.53. The van der Waals surface area contributed by atoms with E-state index in [1.807, 2.05) is 0 Å². The maximum Gasteiger partial charge on any atom is 0.339 e. The molecule has 7 heteroatoms. The fourth-order valence-corrected chi connectivity index (χ4v) is 4.30. The summed E-state index contributed by atoms with van der Waals surface area (Å²) < 4.78 is 23.5. The van der Waals surface area contributed by atoms with Gasteiger partial charge in [0.1, 0.15) is 11.4 Å². The van der Waals surface area contributed by atoms with Crippen LogP contribution in [0.15, 0.2) is 6.07 Å². The number of sulfone groups is 1. The van der Waals surface area contributed by atoms with E-state index in [1.54, 1.807) is 19.9 Å². The molecule has 1 aromatic heterocycles. The minimum absolute atomic E-state index is 0.103. The number of carboxylic acid groups (broad SMARTS) is 1. The minimum atomic E-state index is -3.05. The van der Waals surface area contributed by atoms with Crippen LogP contribution in [-0.2, 0) is 9.84 Å². The first-order valence-corrected chi connectivity index (χ1v) is 8.20. The van der Waals surface area contributed by atoms with E-state index in [1.165, 1.54) is 0 Å². The molecule has 1 unspecified atom stereocenters. The van der Waals surface area contributed by atoms with Crippen molar-refractivity contribution in [1.82, 2.24) is 4.98 Å². The van der Waals surface area contributed by atoms with Gasteiger partial charge >= 0.3 is 5.97 Å². The van der Waals surface area contributed by atoms with E-state index in [-0.39, 0.29) is 23.7 Å². The van der Waals surface area contributed by atoms with Crippen molar-refractivity contribution in [3.8, 4) is 0 Å². The normalized spacial score (nSPS) is 20.8. The lowest BCUT2D eigenvalue weighted by molar-refractivity contribution is 0.0697. The van der Waals surface area contributed by atoms with Crippen molar-refractivity contribution in [3.05, 3.63) is 22.9 Å². The van der Waals surface area contributed by atoms with Crippen LogP contribution in [0.25, 0.3) is 0 Å². The van der Waals surface area contributed by atoms with Gasteiger partial charge in [-0.15, -0.1) is 0 Å². The monoisotopic (exact) mass is 298 g/mol. The summed E-state index contributed by atoms with van der Waals surface area (Å²) in [6.07, 6.45) is 1.28. The molecule has 0 amide bonds. The highest BCUT2D eigenvalue weighted by Gasteiger charge is 2.31. The highest BCUT2D eigenvalue weighted by molar-refractivity contribution is 7.92. The van der Waals surface area contributed by atoms with Gasteiger partial charge < -0.3 is 10.4 Å². The van der Waals surface area contributed by atoms with Crippen LogP contribution in [0, 0.1) is 13.8 Å². The molecule has 20 heavy (non-hydrogen) atoms. The van der Waals surface area contributed by atoms with Crippen molar-refractivity contribution in [2.75, 3.05) is 17.6 Å². The molecule has 2 rings (SSSR count). The van der Waals surface area contributed by atoms with Crippen LogP contribution in [0.2, 0.25) is 0 Å². The second-order valence-electron chi connectivity index (χ2n) is 5.12. The van der Waals surface area contributed by atoms with Gasteiger partial charge in [0.25, 0.3) is 0 Å². The third kappa shape index (κ3) is 2.92. The van der Waals surface area contributed by atoms with E-state index >= 15 is 0 Å².